The van der Waals surface area contributed by atoms with Crippen molar-refractivity contribution in [3.05, 3.63) is 60.8 Å². The van der Waals surface area contributed by atoms with E-state index in [9.17, 15) is 14.4 Å². The minimum Gasteiger partial charge on any atom is -0.462 e. The molecule has 466 valence electrons. The van der Waals surface area contributed by atoms with Gasteiger partial charge in [0.15, 0.2) is 6.10 Å². The molecule has 0 aliphatic rings. The monoisotopic (exact) mass is 1120 g/mol. The van der Waals surface area contributed by atoms with Crippen molar-refractivity contribution in [1.29, 1.82) is 0 Å². The molecule has 0 aromatic carbocycles. The first-order valence-corrected chi connectivity index (χ1v) is 35.3. The van der Waals surface area contributed by atoms with Crippen molar-refractivity contribution in [2.24, 2.45) is 0 Å². The smallest absolute Gasteiger partial charge is 0.306 e. The number of ether oxygens (including phenoxy) is 3. The molecule has 0 saturated carbocycles. The summed E-state index contributed by atoms with van der Waals surface area (Å²) < 4.78 is 17.0. The summed E-state index contributed by atoms with van der Waals surface area (Å²) in [7, 11) is 0. The van der Waals surface area contributed by atoms with E-state index in [4.69, 9.17) is 14.2 Å². The van der Waals surface area contributed by atoms with Gasteiger partial charge in [0.25, 0.3) is 0 Å². The van der Waals surface area contributed by atoms with Gasteiger partial charge in [0.1, 0.15) is 13.2 Å². The fraction of sp³-hybridized carbons (Fsp3) is 0.824. The van der Waals surface area contributed by atoms with E-state index in [2.05, 4.69) is 81.5 Å². The van der Waals surface area contributed by atoms with Crippen LogP contribution in [0.3, 0.4) is 0 Å². The summed E-state index contributed by atoms with van der Waals surface area (Å²) in [6.45, 7) is 6.66. The number of allylic oxidation sites excluding steroid dienone is 10. The predicted octanol–water partition coefficient (Wildman–Crippen LogP) is 24.3. The van der Waals surface area contributed by atoms with Crippen molar-refractivity contribution in [2.45, 2.75) is 380 Å². The van der Waals surface area contributed by atoms with Crippen LogP contribution in [-0.4, -0.2) is 37.2 Å². The number of rotatable bonds is 65. The molecular formula is C74H134O6. The minimum absolute atomic E-state index is 0.0759. The Morgan fingerprint density at radius 3 is 0.713 bits per heavy atom. The quantitative estimate of drug-likeness (QED) is 0.0261. The van der Waals surface area contributed by atoms with Gasteiger partial charge >= 0.3 is 17.9 Å². The van der Waals surface area contributed by atoms with E-state index in [0.717, 1.165) is 89.9 Å². The molecule has 0 aromatic rings. The van der Waals surface area contributed by atoms with Crippen LogP contribution in [0.2, 0.25) is 0 Å². The van der Waals surface area contributed by atoms with E-state index in [0.29, 0.717) is 19.3 Å². The van der Waals surface area contributed by atoms with Crippen molar-refractivity contribution in [3.8, 4) is 0 Å². The summed E-state index contributed by atoms with van der Waals surface area (Å²) in [6, 6.07) is 0. The van der Waals surface area contributed by atoms with Crippen LogP contribution in [0.4, 0.5) is 0 Å². The van der Waals surface area contributed by atoms with Crippen LogP contribution < -0.4 is 0 Å². The van der Waals surface area contributed by atoms with Crippen LogP contribution in [0.15, 0.2) is 60.8 Å². The van der Waals surface area contributed by atoms with E-state index < -0.39 is 6.10 Å². The lowest BCUT2D eigenvalue weighted by molar-refractivity contribution is -0.167. The Morgan fingerprint density at radius 1 is 0.250 bits per heavy atom. The maximum atomic E-state index is 13.0. The zero-order chi connectivity index (χ0) is 57.8. The molecule has 0 spiro atoms. The van der Waals surface area contributed by atoms with E-state index in [1.54, 1.807) is 0 Å². The fourth-order valence-corrected chi connectivity index (χ4v) is 10.4. The third kappa shape index (κ3) is 65.9. The molecule has 6 nitrogen and oxygen atoms in total. The van der Waals surface area contributed by atoms with Crippen molar-refractivity contribution in [3.63, 3.8) is 0 Å². The third-order valence-corrected chi connectivity index (χ3v) is 15.7. The molecule has 1 unspecified atom stereocenters. The summed E-state index contributed by atoms with van der Waals surface area (Å²) in [5.74, 6) is -0.867. The Kier molecular flexibility index (Phi) is 66.1. The number of carbonyl (C=O) groups is 3. The summed E-state index contributed by atoms with van der Waals surface area (Å²) in [6.07, 6.45) is 88.1. The van der Waals surface area contributed by atoms with E-state index in [1.807, 2.05) is 0 Å². The van der Waals surface area contributed by atoms with Crippen molar-refractivity contribution in [2.75, 3.05) is 13.2 Å². The van der Waals surface area contributed by atoms with Gasteiger partial charge in [0.2, 0.25) is 0 Å². The maximum Gasteiger partial charge on any atom is 0.306 e. The molecule has 0 aromatic heterocycles. The van der Waals surface area contributed by atoms with E-state index >= 15 is 0 Å². The summed E-state index contributed by atoms with van der Waals surface area (Å²) in [5.41, 5.74) is 0. The lowest BCUT2D eigenvalue weighted by Gasteiger charge is -2.18. The molecule has 0 aliphatic heterocycles. The van der Waals surface area contributed by atoms with Gasteiger partial charge in [0.05, 0.1) is 0 Å². The molecule has 0 radical (unpaired) electrons. The largest absolute Gasteiger partial charge is 0.462 e. The molecule has 80 heavy (non-hydrogen) atoms. The highest BCUT2D eigenvalue weighted by Crippen LogP contribution is 2.18. The molecule has 0 fully saturated rings. The fourth-order valence-electron chi connectivity index (χ4n) is 10.4. The summed E-state index contributed by atoms with van der Waals surface area (Å²) >= 11 is 0. The number of unbranched alkanes of at least 4 members (excludes halogenated alkanes) is 44. The lowest BCUT2D eigenvalue weighted by Crippen LogP contribution is -2.30. The summed E-state index contributed by atoms with van der Waals surface area (Å²) in [4.78, 5) is 38.4. The second-order valence-electron chi connectivity index (χ2n) is 23.8. The van der Waals surface area contributed by atoms with Gasteiger partial charge in [-0.2, -0.15) is 0 Å². The standard InChI is InChI=1S/C74H134O6/c1-4-7-10-13-16-19-22-25-28-31-33-34-35-36-37-38-39-40-42-43-46-49-52-55-58-61-64-67-73(76)79-70-71(69-78-72(75)66-63-60-57-54-51-48-45-30-27-24-21-18-15-12-9-6-3)80-74(77)68-65-62-59-56-53-50-47-44-41-32-29-26-23-20-17-14-11-8-5-2/h21-22,24-25,30-31,33,35-36,45,71H,4-20,23,26-29,32,34,37-44,46-70H2,1-3H3/b24-21-,25-22-,33-31-,36-35-,45-30-. The predicted molar refractivity (Wildman–Crippen MR) is 348 cm³/mol. The highest BCUT2D eigenvalue weighted by Gasteiger charge is 2.19. The van der Waals surface area contributed by atoms with Gasteiger partial charge in [-0.25, -0.2) is 0 Å². The number of hydrogen-bond donors (Lipinski definition) is 0. The average Bonchev–Trinajstić information content (AvgIpc) is 3.46. The molecule has 0 bridgehead atoms. The van der Waals surface area contributed by atoms with Gasteiger partial charge in [-0.15, -0.1) is 0 Å². The SMILES string of the molecule is CCCCCC/C=C\C/C=C\CCCCCCCC(=O)OCC(COC(=O)CCCCCCCCCCCCCC/C=C\C/C=C\C/C=C\CCCCCCC)OC(=O)CCCCCCCCCCCCCCCCCCCCC. The molecule has 0 rings (SSSR count). The van der Waals surface area contributed by atoms with Crippen molar-refractivity contribution >= 4 is 17.9 Å². The maximum absolute atomic E-state index is 13.0. The van der Waals surface area contributed by atoms with Gasteiger partial charge < -0.3 is 14.2 Å². The highest BCUT2D eigenvalue weighted by molar-refractivity contribution is 5.71. The first-order valence-electron chi connectivity index (χ1n) is 35.3. The van der Waals surface area contributed by atoms with Gasteiger partial charge in [-0.3, -0.25) is 14.4 Å². The zero-order valence-corrected chi connectivity index (χ0v) is 53.6. The Bertz CT molecular complexity index is 1430. The van der Waals surface area contributed by atoms with Gasteiger partial charge in [0, 0.05) is 19.3 Å². The third-order valence-electron chi connectivity index (χ3n) is 15.7. The van der Waals surface area contributed by atoms with Gasteiger partial charge in [-0.1, -0.05) is 326 Å². The number of hydrogen-bond acceptors (Lipinski definition) is 6. The lowest BCUT2D eigenvalue weighted by atomic mass is 10.0. The van der Waals surface area contributed by atoms with Crippen LogP contribution in [0.25, 0.3) is 0 Å². The second kappa shape index (κ2) is 68.6. The van der Waals surface area contributed by atoms with Crippen molar-refractivity contribution < 1.29 is 28.6 Å². The summed E-state index contributed by atoms with van der Waals surface area (Å²) in [5, 5.41) is 0. The second-order valence-corrected chi connectivity index (χ2v) is 23.8. The van der Waals surface area contributed by atoms with Gasteiger partial charge in [-0.05, 0) is 89.9 Å². The first-order chi connectivity index (χ1) is 39.5. The van der Waals surface area contributed by atoms with Crippen LogP contribution in [0, 0.1) is 0 Å². The molecule has 0 heterocycles. The molecule has 0 amide bonds. The average molecular weight is 1120 g/mol. The molecule has 0 aliphatic carbocycles. The Hall–Kier alpha value is -2.89. The number of carbonyl (C=O) groups excluding carboxylic acids is 3. The van der Waals surface area contributed by atoms with Crippen molar-refractivity contribution in [1.82, 2.24) is 0 Å². The van der Waals surface area contributed by atoms with Crippen LogP contribution in [0.1, 0.15) is 374 Å². The first kappa shape index (κ1) is 77.1. The highest BCUT2D eigenvalue weighted by atomic mass is 16.6. The molecular weight excluding hydrogens is 985 g/mol. The molecule has 1 atom stereocenters. The molecule has 0 N–H and O–H groups in total. The molecule has 6 heteroatoms. The topological polar surface area (TPSA) is 78.9 Å². The van der Waals surface area contributed by atoms with E-state index in [-0.39, 0.29) is 31.1 Å². The zero-order valence-electron chi connectivity index (χ0n) is 53.6. The Morgan fingerprint density at radius 2 is 0.450 bits per heavy atom. The normalized spacial score (nSPS) is 12.4. The minimum atomic E-state index is -0.780. The molecule has 0 saturated heterocycles. The van der Waals surface area contributed by atoms with E-state index in [1.165, 1.54) is 244 Å². The Labute approximate surface area is 498 Å². The number of esters is 3. The van der Waals surface area contributed by atoms with Crippen LogP contribution >= 0.6 is 0 Å². The van der Waals surface area contributed by atoms with Crippen LogP contribution in [0.5, 0.6) is 0 Å². The van der Waals surface area contributed by atoms with Crippen LogP contribution in [-0.2, 0) is 28.6 Å². The Balaban J connectivity index is 4.30.